The third-order valence-corrected chi connectivity index (χ3v) is 3.31. The Hall–Kier alpha value is -3.22. The maximum atomic E-state index is 12.0. The molecule has 0 aromatic heterocycles. The minimum atomic E-state index is -0.458. The van der Waals surface area contributed by atoms with E-state index in [0.717, 1.165) is 0 Å². The van der Waals surface area contributed by atoms with Crippen LogP contribution in [0.2, 0.25) is 5.02 Å². The molecule has 0 saturated heterocycles. The van der Waals surface area contributed by atoms with Crippen molar-refractivity contribution in [1.82, 2.24) is 0 Å². The van der Waals surface area contributed by atoms with Crippen LogP contribution < -0.4 is 14.8 Å². The molecule has 0 radical (unpaired) electrons. The molecular formula is C17H12ClN3O3. The largest absolute Gasteiger partial charge is 0.493 e. The van der Waals surface area contributed by atoms with E-state index in [2.05, 4.69) is 5.32 Å². The molecule has 7 heteroatoms. The number of hydrogen-bond acceptors (Lipinski definition) is 5. The molecular weight excluding hydrogens is 330 g/mol. The van der Waals surface area contributed by atoms with Crippen LogP contribution in [0.25, 0.3) is 0 Å². The fourth-order valence-corrected chi connectivity index (χ4v) is 2.20. The summed E-state index contributed by atoms with van der Waals surface area (Å²) in [5, 5.41) is 20.7. The van der Waals surface area contributed by atoms with Crippen molar-refractivity contribution >= 4 is 23.2 Å². The molecule has 0 aliphatic rings. The molecule has 0 heterocycles. The summed E-state index contributed by atoms with van der Waals surface area (Å²) in [6.07, 6.45) is 0. The van der Waals surface area contributed by atoms with E-state index in [-0.39, 0.29) is 23.1 Å². The van der Waals surface area contributed by atoms with Gasteiger partial charge in [0.2, 0.25) is 0 Å². The number of halogens is 1. The maximum Gasteiger partial charge on any atom is 0.262 e. The summed E-state index contributed by atoms with van der Waals surface area (Å²) in [7, 11) is 1.41. The Morgan fingerprint density at radius 2 is 2.00 bits per heavy atom. The number of anilines is 1. The first-order valence-corrected chi connectivity index (χ1v) is 7.16. The number of ether oxygens (including phenoxy) is 2. The van der Waals surface area contributed by atoms with Gasteiger partial charge < -0.3 is 14.8 Å². The van der Waals surface area contributed by atoms with Crippen LogP contribution in [0, 0.1) is 22.7 Å². The second-order valence-electron chi connectivity index (χ2n) is 4.60. The van der Waals surface area contributed by atoms with Crippen LogP contribution in [-0.4, -0.2) is 19.6 Å². The van der Waals surface area contributed by atoms with E-state index in [0.29, 0.717) is 16.8 Å². The monoisotopic (exact) mass is 341 g/mol. The van der Waals surface area contributed by atoms with Gasteiger partial charge in [-0.1, -0.05) is 23.7 Å². The number of benzene rings is 2. The summed E-state index contributed by atoms with van der Waals surface area (Å²) >= 11 is 6.05. The van der Waals surface area contributed by atoms with Crippen molar-refractivity contribution < 1.29 is 14.3 Å². The van der Waals surface area contributed by atoms with E-state index in [1.807, 2.05) is 12.1 Å². The molecule has 1 N–H and O–H groups in total. The van der Waals surface area contributed by atoms with Crippen molar-refractivity contribution in [3.8, 4) is 23.6 Å². The Kier molecular flexibility index (Phi) is 5.62. The van der Waals surface area contributed by atoms with Crippen LogP contribution >= 0.6 is 11.6 Å². The quantitative estimate of drug-likeness (QED) is 0.901. The molecule has 2 aromatic carbocycles. The van der Waals surface area contributed by atoms with Crippen LogP contribution in [0.15, 0.2) is 36.4 Å². The molecule has 2 aromatic rings. The van der Waals surface area contributed by atoms with Gasteiger partial charge in [-0.3, -0.25) is 4.79 Å². The number of nitrogens with zero attached hydrogens (tertiary/aromatic N) is 2. The lowest BCUT2D eigenvalue weighted by Crippen LogP contribution is -2.21. The molecule has 2 rings (SSSR count). The van der Waals surface area contributed by atoms with Crippen LogP contribution in [0.5, 0.6) is 11.5 Å². The van der Waals surface area contributed by atoms with Crippen molar-refractivity contribution in [2.24, 2.45) is 0 Å². The fourth-order valence-electron chi connectivity index (χ4n) is 1.94. The minimum Gasteiger partial charge on any atom is -0.493 e. The molecule has 0 fully saturated rings. The smallest absolute Gasteiger partial charge is 0.262 e. The van der Waals surface area contributed by atoms with Crippen LogP contribution in [-0.2, 0) is 4.79 Å². The first-order chi connectivity index (χ1) is 11.6. The molecule has 0 atom stereocenters. The Balaban J connectivity index is 2.10. The number of nitrogens with one attached hydrogen (secondary N) is 1. The Bertz CT molecular complexity index is 853. The average Bonchev–Trinajstić information content (AvgIpc) is 2.60. The van der Waals surface area contributed by atoms with E-state index in [1.54, 1.807) is 24.3 Å². The predicted molar refractivity (Wildman–Crippen MR) is 88.0 cm³/mol. The summed E-state index contributed by atoms with van der Waals surface area (Å²) in [4.78, 5) is 12.0. The van der Waals surface area contributed by atoms with Crippen LogP contribution in [0.4, 0.5) is 5.69 Å². The average molecular weight is 342 g/mol. The second-order valence-corrected chi connectivity index (χ2v) is 5.00. The molecule has 0 saturated carbocycles. The molecule has 0 spiro atoms. The Morgan fingerprint density at radius 3 is 2.67 bits per heavy atom. The molecule has 120 valence electrons. The summed E-state index contributed by atoms with van der Waals surface area (Å²) in [6.45, 7) is -0.332. The molecule has 0 unspecified atom stereocenters. The number of amides is 1. The van der Waals surface area contributed by atoms with Crippen LogP contribution in [0.3, 0.4) is 0 Å². The first-order valence-electron chi connectivity index (χ1n) is 6.78. The van der Waals surface area contributed by atoms with E-state index < -0.39 is 5.91 Å². The lowest BCUT2D eigenvalue weighted by atomic mass is 10.2. The first kappa shape index (κ1) is 17.1. The van der Waals surface area contributed by atoms with Gasteiger partial charge in [-0.25, -0.2) is 0 Å². The van der Waals surface area contributed by atoms with Gasteiger partial charge >= 0.3 is 0 Å². The number of nitriles is 2. The molecule has 0 aliphatic heterocycles. The van der Waals surface area contributed by atoms with E-state index in [4.69, 9.17) is 31.6 Å². The molecule has 0 aliphatic carbocycles. The van der Waals surface area contributed by atoms with Gasteiger partial charge in [-0.15, -0.1) is 0 Å². The maximum absolute atomic E-state index is 12.0. The summed E-state index contributed by atoms with van der Waals surface area (Å²) < 4.78 is 10.5. The van der Waals surface area contributed by atoms with Gasteiger partial charge in [-0.2, -0.15) is 10.5 Å². The topological polar surface area (TPSA) is 95.1 Å². The molecule has 0 bridgehead atoms. The van der Waals surface area contributed by atoms with Gasteiger partial charge in [-0.05, 0) is 18.2 Å². The number of carbonyl (C=O) groups excluding carboxylic acids is 1. The van der Waals surface area contributed by atoms with E-state index >= 15 is 0 Å². The molecule has 6 nitrogen and oxygen atoms in total. The van der Waals surface area contributed by atoms with Crippen molar-refractivity contribution in [3.05, 3.63) is 52.5 Å². The van der Waals surface area contributed by atoms with Gasteiger partial charge in [0.1, 0.15) is 6.07 Å². The number of carbonyl (C=O) groups is 1. The minimum absolute atomic E-state index is 0.163. The number of para-hydroxylation sites is 1. The second kappa shape index (κ2) is 7.87. The molecule has 24 heavy (non-hydrogen) atoms. The SMILES string of the molecule is COc1cc(C#N)cc(Cl)c1OCC(=O)Nc1ccccc1C#N. The lowest BCUT2D eigenvalue weighted by molar-refractivity contribution is -0.118. The third-order valence-electron chi connectivity index (χ3n) is 3.03. The molecule has 1 amide bonds. The highest BCUT2D eigenvalue weighted by atomic mass is 35.5. The summed E-state index contributed by atoms with van der Waals surface area (Å²) in [5.74, 6) is -0.0358. The number of hydrogen-bond donors (Lipinski definition) is 1. The zero-order valence-electron chi connectivity index (χ0n) is 12.7. The van der Waals surface area contributed by atoms with Gasteiger partial charge in [0, 0.05) is 6.07 Å². The van der Waals surface area contributed by atoms with Crippen molar-refractivity contribution in [3.63, 3.8) is 0 Å². The van der Waals surface area contributed by atoms with E-state index in [1.165, 1.54) is 19.2 Å². The summed E-state index contributed by atoms with van der Waals surface area (Å²) in [5.41, 5.74) is 1.06. The van der Waals surface area contributed by atoms with Crippen LogP contribution in [0.1, 0.15) is 11.1 Å². The van der Waals surface area contributed by atoms with E-state index in [9.17, 15) is 4.79 Å². The summed E-state index contributed by atoms with van der Waals surface area (Å²) in [6, 6.07) is 13.4. The lowest BCUT2D eigenvalue weighted by Gasteiger charge is -2.13. The number of rotatable bonds is 5. The van der Waals surface area contributed by atoms with Gasteiger partial charge in [0.25, 0.3) is 5.91 Å². The van der Waals surface area contributed by atoms with Crippen molar-refractivity contribution in [2.75, 3.05) is 19.0 Å². The third kappa shape index (κ3) is 3.95. The Labute approximate surface area is 143 Å². The number of methoxy groups -OCH3 is 1. The van der Waals surface area contributed by atoms with Gasteiger partial charge in [0.15, 0.2) is 18.1 Å². The Morgan fingerprint density at radius 1 is 1.25 bits per heavy atom. The zero-order chi connectivity index (χ0) is 17.5. The standard InChI is InChI=1S/C17H12ClN3O3/c1-23-15-7-11(8-19)6-13(18)17(15)24-10-16(22)21-14-5-3-2-4-12(14)9-20/h2-7H,10H2,1H3,(H,21,22). The predicted octanol–water partition coefficient (Wildman–Crippen LogP) is 3.11. The highest BCUT2D eigenvalue weighted by Crippen LogP contribution is 2.36. The van der Waals surface area contributed by atoms with Crippen molar-refractivity contribution in [2.45, 2.75) is 0 Å². The van der Waals surface area contributed by atoms with Gasteiger partial charge in [0.05, 0.1) is 35.0 Å². The fraction of sp³-hybridized carbons (Fsp3) is 0.118. The highest BCUT2D eigenvalue weighted by Gasteiger charge is 2.14. The highest BCUT2D eigenvalue weighted by molar-refractivity contribution is 6.32. The zero-order valence-corrected chi connectivity index (χ0v) is 13.4. The normalized spacial score (nSPS) is 9.50. The van der Waals surface area contributed by atoms with Crippen molar-refractivity contribution in [1.29, 1.82) is 10.5 Å².